The predicted octanol–water partition coefficient (Wildman–Crippen LogP) is 6.55. The summed E-state index contributed by atoms with van der Waals surface area (Å²) in [4.78, 5) is 18.0. The highest BCUT2D eigenvalue weighted by atomic mass is 79.9. The quantitative estimate of drug-likeness (QED) is 0.295. The number of nitrogens with zero attached hydrogens (tertiary/aromatic N) is 3. The fourth-order valence-electron chi connectivity index (χ4n) is 3.23. The number of aryl methyl sites for hydroxylation is 1. The Labute approximate surface area is 184 Å². The zero-order chi connectivity index (χ0) is 21.8. The molecule has 1 aromatic carbocycles. The number of nitro groups is 1. The molecule has 3 aromatic rings. The highest BCUT2D eigenvalue weighted by molar-refractivity contribution is 9.10. The van der Waals surface area contributed by atoms with Crippen molar-refractivity contribution in [1.29, 1.82) is 0 Å². The van der Waals surface area contributed by atoms with Crippen LogP contribution in [-0.4, -0.2) is 16.5 Å². The van der Waals surface area contributed by atoms with Crippen LogP contribution in [0.3, 0.4) is 0 Å². The molecule has 0 atom stereocenters. The van der Waals surface area contributed by atoms with Crippen molar-refractivity contribution in [1.82, 2.24) is 4.98 Å². The van der Waals surface area contributed by atoms with E-state index in [1.807, 2.05) is 43.0 Å². The van der Waals surface area contributed by atoms with Crippen molar-refractivity contribution < 1.29 is 9.34 Å². The molecule has 0 amide bonds. The van der Waals surface area contributed by atoms with Gasteiger partial charge >= 0.3 is 5.69 Å². The third-order valence-corrected chi connectivity index (χ3v) is 5.50. The number of benzene rings is 1. The van der Waals surface area contributed by atoms with Crippen molar-refractivity contribution in [3.8, 4) is 0 Å². The maximum atomic E-state index is 12.1. The molecule has 8 heteroatoms. The minimum Gasteiger partial charge on any atom is -0.467 e. The van der Waals surface area contributed by atoms with Crippen LogP contribution in [0.1, 0.15) is 43.7 Å². The molecule has 0 aliphatic heterocycles. The summed E-state index contributed by atoms with van der Waals surface area (Å²) >= 11 is 3.57. The largest absolute Gasteiger partial charge is 0.467 e. The van der Waals surface area contributed by atoms with Gasteiger partial charge in [0.05, 0.1) is 23.4 Å². The number of halogens is 1. The van der Waals surface area contributed by atoms with E-state index in [0.717, 1.165) is 15.9 Å². The Balaban J connectivity index is 2.04. The van der Waals surface area contributed by atoms with Crippen molar-refractivity contribution in [2.75, 3.05) is 16.8 Å². The van der Waals surface area contributed by atoms with Gasteiger partial charge in [-0.2, -0.15) is 0 Å². The van der Waals surface area contributed by atoms with Crippen LogP contribution in [0, 0.1) is 17.0 Å². The molecule has 3 rings (SSSR count). The molecule has 0 unspecified atom stereocenters. The number of rotatable bonds is 8. The molecular formula is C22H25BrN4O3. The number of anilines is 3. The Bertz CT molecular complexity index is 1040. The van der Waals surface area contributed by atoms with Crippen molar-refractivity contribution >= 4 is 38.8 Å². The first-order valence-corrected chi connectivity index (χ1v) is 10.6. The molecule has 2 heterocycles. The number of hydrogen-bond donors (Lipinski definition) is 1. The van der Waals surface area contributed by atoms with Gasteiger partial charge in [-0.05, 0) is 71.6 Å². The predicted molar refractivity (Wildman–Crippen MR) is 123 cm³/mol. The molecule has 0 saturated heterocycles. The lowest BCUT2D eigenvalue weighted by Crippen LogP contribution is -2.23. The SMILES string of the molecule is CCN(Cc1ccco1)c1cc(C)nc(Nc2ccc(C(C)C)cc2Br)c1[N+](=O)[O-]. The Morgan fingerprint density at radius 3 is 2.63 bits per heavy atom. The van der Waals surface area contributed by atoms with E-state index in [-0.39, 0.29) is 16.4 Å². The summed E-state index contributed by atoms with van der Waals surface area (Å²) in [6.45, 7) is 9.03. The molecule has 0 fully saturated rings. The number of aromatic nitrogens is 1. The van der Waals surface area contributed by atoms with Crippen molar-refractivity contribution in [2.45, 2.75) is 40.2 Å². The molecule has 0 aliphatic carbocycles. The molecule has 158 valence electrons. The number of pyridine rings is 1. The fourth-order valence-corrected chi connectivity index (χ4v) is 3.73. The van der Waals surface area contributed by atoms with E-state index < -0.39 is 0 Å². The Morgan fingerprint density at radius 1 is 1.30 bits per heavy atom. The lowest BCUT2D eigenvalue weighted by molar-refractivity contribution is -0.383. The maximum absolute atomic E-state index is 12.1. The average Bonchev–Trinajstić information content (AvgIpc) is 3.20. The zero-order valence-electron chi connectivity index (χ0n) is 17.5. The highest BCUT2D eigenvalue weighted by Gasteiger charge is 2.27. The third kappa shape index (κ3) is 4.81. The molecule has 7 nitrogen and oxygen atoms in total. The molecule has 0 radical (unpaired) electrons. The molecule has 0 spiro atoms. The van der Waals surface area contributed by atoms with Gasteiger partial charge in [-0.15, -0.1) is 0 Å². The molecular weight excluding hydrogens is 448 g/mol. The van der Waals surface area contributed by atoms with Crippen molar-refractivity contribution in [3.05, 3.63) is 74.3 Å². The fraction of sp³-hybridized carbons (Fsp3) is 0.318. The zero-order valence-corrected chi connectivity index (χ0v) is 19.1. The Hall–Kier alpha value is -2.87. The average molecular weight is 473 g/mol. The normalized spacial score (nSPS) is 11.0. The van der Waals surface area contributed by atoms with Gasteiger partial charge in [-0.3, -0.25) is 10.1 Å². The summed E-state index contributed by atoms with van der Waals surface area (Å²) in [6.07, 6.45) is 1.60. The number of furan rings is 1. The van der Waals surface area contributed by atoms with Gasteiger partial charge in [-0.1, -0.05) is 19.9 Å². The van der Waals surface area contributed by atoms with E-state index in [4.69, 9.17) is 4.42 Å². The van der Waals surface area contributed by atoms with E-state index in [1.165, 1.54) is 5.56 Å². The molecule has 30 heavy (non-hydrogen) atoms. The molecule has 0 bridgehead atoms. The van der Waals surface area contributed by atoms with Gasteiger partial charge < -0.3 is 14.6 Å². The molecule has 1 N–H and O–H groups in total. The topological polar surface area (TPSA) is 84.4 Å². The summed E-state index contributed by atoms with van der Waals surface area (Å²) in [7, 11) is 0. The van der Waals surface area contributed by atoms with Crippen molar-refractivity contribution in [3.63, 3.8) is 0 Å². The standard InChI is InChI=1S/C22H25BrN4O3/c1-5-26(13-17-7-6-10-30-17)20-11-15(4)24-22(21(20)27(28)29)25-19-9-8-16(14(2)3)12-18(19)23/h6-12,14H,5,13H2,1-4H3,(H,24,25). The monoisotopic (exact) mass is 472 g/mol. The van der Waals surface area contributed by atoms with Gasteiger partial charge in [0.25, 0.3) is 0 Å². The second-order valence-electron chi connectivity index (χ2n) is 7.35. The first kappa shape index (κ1) is 21.8. The van der Waals surface area contributed by atoms with E-state index in [2.05, 4.69) is 40.1 Å². The lowest BCUT2D eigenvalue weighted by atomic mass is 10.0. The second-order valence-corrected chi connectivity index (χ2v) is 8.20. The van der Waals surface area contributed by atoms with Crippen molar-refractivity contribution in [2.24, 2.45) is 0 Å². The van der Waals surface area contributed by atoms with Crippen LogP contribution in [0.25, 0.3) is 0 Å². The van der Waals surface area contributed by atoms with Gasteiger partial charge in [0.15, 0.2) is 0 Å². The van der Waals surface area contributed by atoms with Gasteiger partial charge in [0, 0.05) is 16.7 Å². The molecule has 2 aromatic heterocycles. The lowest BCUT2D eigenvalue weighted by Gasteiger charge is -2.23. The van der Waals surface area contributed by atoms with Gasteiger partial charge in [-0.25, -0.2) is 4.98 Å². The molecule has 0 saturated carbocycles. The Kier molecular flexibility index (Phi) is 6.77. The van der Waals surface area contributed by atoms with Gasteiger partial charge in [0.1, 0.15) is 11.4 Å². The first-order chi connectivity index (χ1) is 14.3. The van der Waals surface area contributed by atoms with Crippen LogP contribution in [-0.2, 0) is 6.54 Å². The third-order valence-electron chi connectivity index (χ3n) is 4.85. The van der Waals surface area contributed by atoms with E-state index in [0.29, 0.717) is 30.4 Å². The smallest absolute Gasteiger partial charge is 0.334 e. The number of hydrogen-bond acceptors (Lipinski definition) is 6. The van der Waals surface area contributed by atoms with Crippen LogP contribution in [0.15, 0.2) is 51.6 Å². The first-order valence-electron chi connectivity index (χ1n) is 9.80. The van der Waals surface area contributed by atoms with Crippen LogP contribution in [0.2, 0.25) is 0 Å². The summed E-state index contributed by atoms with van der Waals surface area (Å²) < 4.78 is 6.27. The highest BCUT2D eigenvalue weighted by Crippen LogP contribution is 2.38. The minimum absolute atomic E-state index is 0.0613. The van der Waals surface area contributed by atoms with Crippen LogP contribution < -0.4 is 10.2 Å². The van der Waals surface area contributed by atoms with E-state index >= 15 is 0 Å². The summed E-state index contributed by atoms with van der Waals surface area (Å²) in [5.74, 6) is 1.33. The van der Waals surface area contributed by atoms with Crippen LogP contribution >= 0.6 is 15.9 Å². The van der Waals surface area contributed by atoms with E-state index in [1.54, 1.807) is 18.4 Å². The van der Waals surface area contributed by atoms with Gasteiger partial charge in [0.2, 0.25) is 5.82 Å². The summed E-state index contributed by atoms with van der Waals surface area (Å²) in [5, 5.41) is 15.2. The number of nitrogens with one attached hydrogen (secondary N) is 1. The van der Waals surface area contributed by atoms with Crippen LogP contribution in [0.5, 0.6) is 0 Å². The maximum Gasteiger partial charge on any atom is 0.334 e. The molecule has 0 aliphatic rings. The summed E-state index contributed by atoms with van der Waals surface area (Å²) in [6, 6.07) is 11.3. The van der Waals surface area contributed by atoms with Crippen LogP contribution in [0.4, 0.5) is 22.9 Å². The Morgan fingerprint density at radius 2 is 2.07 bits per heavy atom. The second kappa shape index (κ2) is 9.30. The minimum atomic E-state index is -0.384. The summed E-state index contributed by atoms with van der Waals surface area (Å²) in [5.41, 5.74) is 3.03. The van der Waals surface area contributed by atoms with E-state index in [9.17, 15) is 10.1 Å².